The first-order chi connectivity index (χ1) is 20.3. The Kier molecular flexibility index (Phi) is 9.51. The largest absolute Gasteiger partial charge is 0.479 e. The van der Waals surface area contributed by atoms with Gasteiger partial charge < -0.3 is 30.6 Å². The van der Waals surface area contributed by atoms with Crippen LogP contribution in [0.2, 0.25) is 0 Å². The van der Waals surface area contributed by atoms with Gasteiger partial charge in [0.1, 0.15) is 23.7 Å². The first kappa shape index (κ1) is 32.0. The van der Waals surface area contributed by atoms with Gasteiger partial charge in [-0.3, -0.25) is 9.59 Å². The summed E-state index contributed by atoms with van der Waals surface area (Å²) in [6.07, 6.45) is 4.90. The van der Waals surface area contributed by atoms with Crippen molar-refractivity contribution in [3.63, 3.8) is 0 Å². The molecule has 0 spiro atoms. The second-order valence-corrected chi connectivity index (χ2v) is 13.3. The summed E-state index contributed by atoms with van der Waals surface area (Å²) in [6.45, 7) is 11.2. The summed E-state index contributed by atoms with van der Waals surface area (Å²) in [5.41, 5.74) is -0.0467. The predicted molar refractivity (Wildman–Crippen MR) is 160 cm³/mol. The van der Waals surface area contributed by atoms with E-state index in [1.54, 1.807) is 0 Å². The molecule has 3 fully saturated rings. The highest BCUT2D eigenvalue weighted by atomic mass is 16.6. The van der Waals surface area contributed by atoms with Gasteiger partial charge in [0.15, 0.2) is 0 Å². The predicted octanol–water partition coefficient (Wildman–Crippen LogP) is 4.01. The molecule has 1 saturated heterocycles. The number of alkyl carbamates (subject to hydrolysis) is 1. The highest BCUT2D eigenvalue weighted by Crippen LogP contribution is 2.45. The highest BCUT2D eigenvalue weighted by molar-refractivity contribution is 6.01. The Morgan fingerprint density at radius 2 is 1.93 bits per heavy atom. The van der Waals surface area contributed by atoms with Gasteiger partial charge in [0.2, 0.25) is 11.8 Å². The molecule has 11 nitrogen and oxygen atoms in total. The Bertz CT molecular complexity index is 1280. The molecule has 5 atom stereocenters. The maximum Gasteiger partial charge on any atom is 0.408 e. The van der Waals surface area contributed by atoms with Crippen LogP contribution in [0.15, 0.2) is 42.1 Å². The first-order valence-corrected chi connectivity index (χ1v) is 15.0. The van der Waals surface area contributed by atoms with E-state index in [4.69, 9.17) is 4.74 Å². The Labute approximate surface area is 252 Å². The Morgan fingerprint density at radius 3 is 2.49 bits per heavy atom. The summed E-state index contributed by atoms with van der Waals surface area (Å²) in [5.74, 6) is -2.89. The van der Waals surface area contributed by atoms with Crippen LogP contribution in [0.5, 0.6) is 0 Å². The minimum absolute atomic E-state index is 0.151. The molecular formula is C32H44N4O7. The molecule has 2 saturated carbocycles. The van der Waals surface area contributed by atoms with E-state index in [-0.39, 0.29) is 37.8 Å². The molecule has 3 aliphatic rings. The Hall–Kier alpha value is -3.89. The summed E-state index contributed by atoms with van der Waals surface area (Å²) in [7, 11) is 0. The summed E-state index contributed by atoms with van der Waals surface area (Å²) in [5, 5.41) is 28.7. The van der Waals surface area contributed by atoms with Crippen LogP contribution in [-0.4, -0.2) is 75.1 Å². The lowest BCUT2D eigenvalue weighted by atomic mass is 9.85. The molecule has 1 heterocycles. The third-order valence-electron chi connectivity index (χ3n) is 8.91. The summed E-state index contributed by atoms with van der Waals surface area (Å²) >= 11 is 0. The van der Waals surface area contributed by atoms with Gasteiger partial charge in [-0.25, -0.2) is 9.59 Å². The van der Waals surface area contributed by atoms with E-state index < -0.39 is 52.8 Å². The molecule has 1 aromatic carbocycles. The van der Waals surface area contributed by atoms with Crippen LogP contribution in [-0.2, 0) is 19.1 Å². The molecule has 4 rings (SSSR count). The topological polar surface area (TPSA) is 158 Å². The fourth-order valence-corrected chi connectivity index (χ4v) is 6.32. The number of carbonyl (C=O) groups excluding carboxylic acids is 3. The van der Waals surface area contributed by atoms with E-state index in [1.807, 2.05) is 52.0 Å². The van der Waals surface area contributed by atoms with Crippen LogP contribution in [0, 0.1) is 24.2 Å². The number of carboxylic acid groups (broad SMARTS) is 1. The number of benzene rings is 1. The summed E-state index contributed by atoms with van der Waals surface area (Å²) in [4.78, 5) is 54.3. The number of hydrogen-bond donors (Lipinski definition) is 4. The van der Waals surface area contributed by atoms with Gasteiger partial charge in [0.25, 0.3) is 0 Å². The average Bonchev–Trinajstić information content (AvgIpc) is 3.23. The summed E-state index contributed by atoms with van der Waals surface area (Å²) < 4.78 is 5.58. The molecule has 1 aromatic rings. The van der Waals surface area contributed by atoms with Crippen LogP contribution >= 0.6 is 0 Å². The highest BCUT2D eigenvalue weighted by Gasteiger charge is 2.61. The number of amides is 3. The van der Waals surface area contributed by atoms with Crippen molar-refractivity contribution in [2.24, 2.45) is 22.4 Å². The first-order valence-electron chi connectivity index (χ1n) is 15.0. The Morgan fingerprint density at radius 1 is 1.23 bits per heavy atom. The minimum Gasteiger partial charge on any atom is -0.479 e. The fraction of sp³-hybridized carbons (Fsp3) is 0.594. The smallest absolute Gasteiger partial charge is 0.408 e. The standard InChI is InChI=1S/C32H44N4O7/c1-6-22-17-32(22,29(39)40)34-27(37)25-16-20(15-24(35-42)21-11-9-10-19(2)14-21)18-36(25)28(38)26(31(3,4)5)33-30(41)43-23-12-7-8-13-23/h6,9-11,14,20,22-23,25-26,42H,1,7-8,12-13,15-18H2,2-5H3,(H,33,41)(H,34,37)(H,39,40)/b35-24+. The second kappa shape index (κ2) is 12.8. The van der Waals surface area contributed by atoms with Gasteiger partial charge in [-0.05, 0) is 68.8 Å². The van der Waals surface area contributed by atoms with Crippen LogP contribution in [0.3, 0.4) is 0 Å². The van der Waals surface area contributed by atoms with E-state index in [2.05, 4.69) is 22.4 Å². The van der Waals surface area contributed by atoms with E-state index in [9.17, 15) is 29.5 Å². The zero-order valence-electron chi connectivity index (χ0n) is 25.5. The molecule has 0 radical (unpaired) electrons. The monoisotopic (exact) mass is 596 g/mol. The molecule has 43 heavy (non-hydrogen) atoms. The molecule has 0 bridgehead atoms. The number of oxime groups is 1. The van der Waals surface area contributed by atoms with Crippen molar-refractivity contribution < 1.29 is 34.2 Å². The normalized spacial score (nSPS) is 26.5. The van der Waals surface area contributed by atoms with Gasteiger partial charge in [0.05, 0.1) is 5.71 Å². The van der Waals surface area contributed by atoms with Crippen molar-refractivity contribution in [3.8, 4) is 0 Å². The van der Waals surface area contributed by atoms with Crippen molar-refractivity contribution in [2.45, 2.75) is 96.4 Å². The number of carboxylic acids is 1. The van der Waals surface area contributed by atoms with Crippen molar-refractivity contribution in [2.75, 3.05) is 6.54 Å². The number of nitrogens with zero attached hydrogens (tertiary/aromatic N) is 2. The molecule has 234 valence electrons. The SMILES string of the molecule is C=CC1CC1(NC(=O)C1CC(C/C(=N\O)c2cccc(C)c2)CN1C(=O)C(NC(=O)OC1CCCC1)C(C)(C)C)C(=O)O. The number of aryl methyl sites for hydroxylation is 1. The third-order valence-corrected chi connectivity index (χ3v) is 8.91. The van der Waals surface area contributed by atoms with Gasteiger partial charge in [-0.15, -0.1) is 6.58 Å². The van der Waals surface area contributed by atoms with Crippen LogP contribution in [0.1, 0.15) is 76.8 Å². The maximum atomic E-state index is 14.2. The molecule has 3 amide bonds. The van der Waals surface area contributed by atoms with Crippen molar-refractivity contribution in [3.05, 3.63) is 48.0 Å². The van der Waals surface area contributed by atoms with Crippen molar-refractivity contribution in [1.29, 1.82) is 0 Å². The van der Waals surface area contributed by atoms with E-state index in [1.165, 1.54) is 11.0 Å². The van der Waals surface area contributed by atoms with E-state index >= 15 is 0 Å². The number of aliphatic carboxylic acids is 1. The van der Waals surface area contributed by atoms with E-state index in [0.717, 1.165) is 36.8 Å². The number of nitrogens with one attached hydrogen (secondary N) is 2. The lowest BCUT2D eigenvalue weighted by Gasteiger charge is -2.35. The van der Waals surface area contributed by atoms with E-state index in [0.29, 0.717) is 5.71 Å². The minimum atomic E-state index is -1.46. The number of ether oxygens (including phenoxy) is 1. The number of likely N-dealkylation sites (tertiary alicyclic amines) is 1. The Balaban J connectivity index is 1.58. The lowest BCUT2D eigenvalue weighted by molar-refractivity contribution is -0.146. The number of carbonyl (C=O) groups is 4. The van der Waals surface area contributed by atoms with Crippen molar-refractivity contribution >= 4 is 29.6 Å². The second-order valence-electron chi connectivity index (χ2n) is 13.3. The molecule has 1 aliphatic heterocycles. The van der Waals surface area contributed by atoms with Gasteiger partial charge in [0, 0.05) is 12.5 Å². The molecular weight excluding hydrogens is 552 g/mol. The molecule has 4 N–H and O–H groups in total. The fourth-order valence-electron chi connectivity index (χ4n) is 6.32. The molecule has 0 aromatic heterocycles. The van der Waals surface area contributed by atoms with Crippen LogP contribution < -0.4 is 10.6 Å². The summed E-state index contributed by atoms with van der Waals surface area (Å²) in [6, 6.07) is 5.52. The van der Waals surface area contributed by atoms with Gasteiger partial charge >= 0.3 is 12.1 Å². The zero-order valence-corrected chi connectivity index (χ0v) is 25.5. The lowest BCUT2D eigenvalue weighted by Crippen LogP contribution is -2.59. The van der Waals surface area contributed by atoms with Crippen molar-refractivity contribution in [1.82, 2.24) is 15.5 Å². The maximum absolute atomic E-state index is 14.2. The van der Waals surface area contributed by atoms with Crippen LogP contribution in [0.4, 0.5) is 4.79 Å². The van der Waals surface area contributed by atoms with Gasteiger partial charge in [-0.2, -0.15) is 0 Å². The third kappa shape index (κ3) is 7.19. The quantitative estimate of drug-likeness (QED) is 0.138. The molecule has 2 aliphatic carbocycles. The molecule has 5 unspecified atom stereocenters. The van der Waals surface area contributed by atoms with Crippen LogP contribution in [0.25, 0.3) is 0 Å². The molecule has 11 heteroatoms. The number of rotatable bonds is 10. The van der Waals surface area contributed by atoms with Gasteiger partial charge in [-0.1, -0.05) is 61.8 Å². The zero-order chi connectivity index (χ0) is 31.5. The average molecular weight is 597 g/mol. The number of hydrogen-bond acceptors (Lipinski definition) is 7.